The molecule has 2 fully saturated rings. The largest absolute Gasteiger partial charge is 0.427 e. The molecule has 0 spiro atoms. The van der Waals surface area contributed by atoms with Gasteiger partial charge in [0.1, 0.15) is 11.5 Å². The zero-order chi connectivity index (χ0) is 18.3. The maximum absolute atomic E-state index is 12.8. The van der Waals surface area contributed by atoms with Crippen molar-refractivity contribution < 1.29 is 19.1 Å². The van der Waals surface area contributed by atoms with Gasteiger partial charge < -0.3 is 9.47 Å². The lowest BCUT2D eigenvalue weighted by atomic mass is 9.80. The Morgan fingerprint density at radius 3 is 2.85 bits per heavy atom. The number of rotatable bonds is 5. The molecule has 1 aromatic rings. The predicted octanol–water partition coefficient (Wildman–Crippen LogP) is 1.26. The summed E-state index contributed by atoms with van der Waals surface area (Å²) in [7, 11) is 0. The molecule has 8 heteroatoms. The van der Waals surface area contributed by atoms with E-state index in [1.165, 1.54) is 6.92 Å². The van der Waals surface area contributed by atoms with Crippen molar-refractivity contribution in [1.29, 1.82) is 0 Å². The maximum Gasteiger partial charge on any atom is 0.316 e. The van der Waals surface area contributed by atoms with Gasteiger partial charge in [-0.15, -0.1) is 0 Å². The van der Waals surface area contributed by atoms with Crippen molar-refractivity contribution in [2.45, 2.75) is 32.6 Å². The minimum Gasteiger partial charge on any atom is -0.427 e. The predicted molar refractivity (Wildman–Crippen MR) is 92.6 cm³/mol. The summed E-state index contributed by atoms with van der Waals surface area (Å²) in [5, 5.41) is 6.54. The minimum atomic E-state index is -0.392. The molecule has 4 rings (SSSR count). The first-order valence-electron chi connectivity index (χ1n) is 9.07. The summed E-state index contributed by atoms with van der Waals surface area (Å²) in [6.45, 7) is 6.53. The van der Waals surface area contributed by atoms with Crippen LogP contribution in [0.25, 0.3) is 0 Å². The van der Waals surface area contributed by atoms with E-state index in [4.69, 9.17) is 9.47 Å². The van der Waals surface area contributed by atoms with Crippen LogP contribution in [-0.2, 0) is 9.59 Å². The van der Waals surface area contributed by atoms with Crippen molar-refractivity contribution in [3.05, 3.63) is 23.8 Å². The number of hydrogen-bond donors (Lipinski definition) is 1. The summed E-state index contributed by atoms with van der Waals surface area (Å²) >= 11 is 0. The molecule has 0 saturated carbocycles. The molecular weight excluding hydrogens is 336 g/mol. The van der Waals surface area contributed by atoms with Crippen molar-refractivity contribution in [3.8, 4) is 11.5 Å². The number of hydrazine groups is 2. The van der Waals surface area contributed by atoms with E-state index in [2.05, 4.69) is 27.4 Å². The normalized spacial score (nSPS) is 30.2. The third kappa shape index (κ3) is 3.21. The van der Waals surface area contributed by atoms with E-state index >= 15 is 0 Å². The number of carbonyl (C=O) groups excluding carboxylic acids is 2. The lowest BCUT2D eigenvalue weighted by Gasteiger charge is -2.37. The van der Waals surface area contributed by atoms with Crippen LogP contribution in [-0.4, -0.2) is 53.5 Å². The second kappa shape index (κ2) is 6.96. The van der Waals surface area contributed by atoms with E-state index in [1.807, 2.05) is 6.07 Å². The molecule has 3 heterocycles. The molecule has 4 atom stereocenters. The van der Waals surface area contributed by atoms with Crippen molar-refractivity contribution >= 4 is 11.9 Å². The van der Waals surface area contributed by atoms with Crippen LogP contribution in [0, 0.1) is 5.92 Å². The number of nitrogens with one attached hydrogen (secondary N) is 1. The minimum absolute atomic E-state index is 0.103. The van der Waals surface area contributed by atoms with Gasteiger partial charge in [0.05, 0.1) is 25.9 Å². The molecule has 0 amide bonds. The van der Waals surface area contributed by atoms with Crippen LogP contribution in [0.3, 0.4) is 0 Å². The molecule has 2 bridgehead atoms. The van der Waals surface area contributed by atoms with Gasteiger partial charge >= 0.3 is 11.9 Å². The molecule has 3 aliphatic rings. The third-order valence-electron chi connectivity index (χ3n) is 5.20. The SMILES string of the molecule is CCCC1c2ccc(OC(C)=O)cc2OC(=O)C1CN1CN2CN1CN2. The second-order valence-corrected chi connectivity index (χ2v) is 7.05. The summed E-state index contributed by atoms with van der Waals surface area (Å²) in [5.74, 6) is 0.213. The van der Waals surface area contributed by atoms with Crippen LogP contribution in [0.4, 0.5) is 0 Å². The van der Waals surface area contributed by atoms with E-state index in [0.717, 1.165) is 38.4 Å². The fourth-order valence-electron chi connectivity index (χ4n) is 4.02. The maximum atomic E-state index is 12.8. The van der Waals surface area contributed by atoms with Gasteiger partial charge in [-0.25, -0.2) is 20.5 Å². The van der Waals surface area contributed by atoms with Crippen LogP contribution in [0.1, 0.15) is 38.2 Å². The summed E-state index contributed by atoms with van der Waals surface area (Å²) < 4.78 is 10.8. The highest BCUT2D eigenvalue weighted by Gasteiger charge is 2.42. The van der Waals surface area contributed by atoms with Crippen LogP contribution in [0.2, 0.25) is 0 Å². The van der Waals surface area contributed by atoms with E-state index in [9.17, 15) is 9.59 Å². The van der Waals surface area contributed by atoms with Crippen LogP contribution >= 0.6 is 0 Å². The Hall–Kier alpha value is -2.00. The molecule has 0 radical (unpaired) electrons. The fourth-order valence-corrected chi connectivity index (χ4v) is 4.02. The van der Waals surface area contributed by atoms with Crippen LogP contribution < -0.4 is 14.9 Å². The average molecular weight is 360 g/mol. The van der Waals surface area contributed by atoms with Crippen molar-refractivity contribution in [1.82, 2.24) is 20.5 Å². The Bertz CT molecular complexity index is 725. The quantitative estimate of drug-likeness (QED) is 0.621. The molecule has 26 heavy (non-hydrogen) atoms. The highest BCUT2D eigenvalue weighted by Crippen LogP contribution is 2.42. The summed E-state index contributed by atoms with van der Waals surface area (Å²) in [4.78, 5) is 23.9. The summed E-state index contributed by atoms with van der Waals surface area (Å²) in [6, 6.07) is 5.34. The van der Waals surface area contributed by atoms with Gasteiger partial charge in [0.25, 0.3) is 0 Å². The monoisotopic (exact) mass is 360 g/mol. The molecule has 1 N–H and O–H groups in total. The Kier molecular flexibility index (Phi) is 4.66. The number of nitrogens with zero attached hydrogens (tertiary/aromatic N) is 3. The molecule has 4 unspecified atom stereocenters. The second-order valence-electron chi connectivity index (χ2n) is 7.05. The number of carbonyl (C=O) groups is 2. The Balaban J connectivity index is 1.58. The van der Waals surface area contributed by atoms with Gasteiger partial charge in [-0.3, -0.25) is 9.59 Å². The van der Waals surface area contributed by atoms with Crippen molar-refractivity contribution in [2.24, 2.45) is 5.92 Å². The van der Waals surface area contributed by atoms with Crippen molar-refractivity contribution in [2.75, 3.05) is 26.6 Å². The van der Waals surface area contributed by atoms with Gasteiger partial charge in [-0.1, -0.05) is 19.4 Å². The summed E-state index contributed by atoms with van der Waals surface area (Å²) in [6.07, 6.45) is 1.90. The van der Waals surface area contributed by atoms with Crippen molar-refractivity contribution in [3.63, 3.8) is 0 Å². The average Bonchev–Trinajstić information content (AvgIpc) is 3.20. The Labute approximate surface area is 152 Å². The van der Waals surface area contributed by atoms with Gasteiger partial charge in [0.2, 0.25) is 0 Å². The van der Waals surface area contributed by atoms with E-state index < -0.39 is 5.97 Å². The summed E-state index contributed by atoms with van der Waals surface area (Å²) in [5.41, 5.74) is 4.29. The van der Waals surface area contributed by atoms with Gasteiger partial charge in [-0.05, 0) is 18.1 Å². The number of benzene rings is 1. The topological polar surface area (TPSA) is 74.4 Å². The van der Waals surface area contributed by atoms with Crippen LogP contribution in [0.15, 0.2) is 18.2 Å². The molecule has 140 valence electrons. The van der Waals surface area contributed by atoms with Gasteiger partial charge in [0.15, 0.2) is 0 Å². The first-order chi connectivity index (χ1) is 12.5. The lowest BCUT2D eigenvalue weighted by molar-refractivity contribution is -0.144. The zero-order valence-corrected chi connectivity index (χ0v) is 15.1. The van der Waals surface area contributed by atoms with Gasteiger partial charge in [-0.2, -0.15) is 0 Å². The molecule has 0 aromatic heterocycles. The highest BCUT2D eigenvalue weighted by molar-refractivity contribution is 5.80. The molecule has 2 saturated heterocycles. The first-order valence-corrected chi connectivity index (χ1v) is 9.07. The number of hydrogen-bond acceptors (Lipinski definition) is 8. The zero-order valence-electron chi connectivity index (χ0n) is 15.1. The van der Waals surface area contributed by atoms with E-state index in [0.29, 0.717) is 18.0 Å². The number of ether oxygens (including phenoxy) is 2. The fraction of sp³-hybridized carbons (Fsp3) is 0.556. The first kappa shape index (κ1) is 17.4. The smallest absolute Gasteiger partial charge is 0.316 e. The molecule has 8 nitrogen and oxygen atoms in total. The number of fused-ring (bicyclic) bond motifs is 3. The highest BCUT2D eigenvalue weighted by atomic mass is 16.5. The Morgan fingerprint density at radius 2 is 2.19 bits per heavy atom. The lowest BCUT2D eigenvalue weighted by Crippen LogP contribution is -2.50. The molecule has 3 aliphatic heterocycles. The van der Waals surface area contributed by atoms with Gasteiger partial charge in [0, 0.05) is 25.5 Å². The Morgan fingerprint density at radius 1 is 1.35 bits per heavy atom. The standard InChI is InChI=1S/C18H24N4O4/c1-3-4-14-15-6-5-13(25-12(2)23)7-17(15)26-18(24)16(14)8-21-10-20-11-22(21)9-19-20/h5-7,14,16,19H,3-4,8-11H2,1-2H3. The molecule has 0 aliphatic carbocycles. The number of esters is 2. The third-order valence-corrected chi connectivity index (χ3v) is 5.20. The molecular formula is C18H24N4O4. The van der Waals surface area contributed by atoms with Crippen LogP contribution in [0.5, 0.6) is 11.5 Å². The van der Waals surface area contributed by atoms with E-state index in [-0.39, 0.29) is 17.8 Å². The molecule has 1 aromatic carbocycles. The van der Waals surface area contributed by atoms with E-state index in [1.54, 1.807) is 12.1 Å².